The summed E-state index contributed by atoms with van der Waals surface area (Å²) in [6.07, 6.45) is 6.49. The van der Waals surface area contributed by atoms with E-state index in [1.807, 2.05) is 18.5 Å². The largest absolute Gasteiger partial charge is 0.383 e. The number of nitrogens with two attached hydrogens (primary N) is 1. The zero-order valence-corrected chi connectivity index (χ0v) is 21.1. The second-order valence-electron chi connectivity index (χ2n) is 9.15. The fourth-order valence-corrected chi connectivity index (χ4v) is 4.91. The number of rotatable bonds is 5. The van der Waals surface area contributed by atoms with Gasteiger partial charge in [0, 0.05) is 54.6 Å². The molecule has 0 unspecified atom stereocenters. The van der Waals surface area contributed by atoms with Crippen LogP contribution in [0.3, 0.4) is 0 Å². The molecular weight excluding hydrogens is 500 g/mol. The van der Waals surface area contributed by atoms with Crippen molar-refractivity contribution in [3.8, 4) is 22.3 Å². The Morgan fingerprint density at radius 3 is 2.46 bits per heavy atom. The lowest BCUT2D eigenvalue weighted by Gasteiger charge is -2.15. The van der Waals surface area contributed by atoms with E-state index in [-0.39, 0.29) is 17.1 Å². The molecule has 0 aliphatic carbocycles. The van der Waals surface area contributed by atoms with Crippen molar-refractivity contribution in [3.63, 3.8) is 0 Å². The van der Waals surface area contributed by atoms with Crippen LogP contribution in [0.25, 0.3) is 44.2 Å². The SMILES string of the molecule is CCn1cc(-c2ccc(F)cc2)c(=O)c2c(Nc3ccc(-c4cn(C)c5ncnc(N)c45)c(F)c3)nccc21. The Bertz CT molecular complexity index is 1950. The molecule has 4 heterocycles. The van der Waals surface area contributed by atoms with E-state index in [9.17, 15) is 9.18 Å². The summed E-state index contributed by atoms with van der Waals surface area (Å²) in [7, 11) is 1.81. The lowest BCUT2D eigenvalue weighted by Crippen LogP contribution is -2.14. The van der Waals surface area contributed by atoms with Crippen LogP contribution in [0.2, 0.25) is 0 Å². The van der Waals surface area contributed by atoms with Crippen LogP contribution in [0.4, 0.5) is 26.1 Å². The molecular formula is C29H23F2N7O. The van der Waals surface area contributed by atoms with Gasteiger partial charge < -0.3 is 20.2 Å². The number of aromatic nitrogens is 5. The second kappa shape index (κ2) is 9.32. The van der Waals surface area contributed by atoms with Gasteiger partial charge in [0.2, 0.25) is 5.43 Å². The first kappa shape index (κ1) is 24.2. The first-order chi connectivity index (χ1) is 18.9. The monoisotopic (exact) mass is 523 g/mol. The van der Waals surface area contributed by atoms with Crippen molar-refractivity contribution in [1.29, 1.82) is 0 Å². The Kier molecular flexibility index (Phi) is 5.79. The average Bonchev–Trinajstić information content (AvgIpc) is 3.27. The van der Waals surface area contributed by atoms with Crippen LogP contribution in [-0.2, 0) is 13.6 Å². The third kappa shape index (κ3) is 4.06. The van der Waals surface area contributed by atoms with Gasteiger partial charge in [0.05, 0.1) is 16.3 Å². The van der Waals surface area contributed by atoms with Gasteiger partial charge in [-0.05, 0) is 48.9 Å². The predicted octanol–water partition coefficient (Wildman–Crippen LogP) is 5.64. The molecule has 10 heteroatoms. The molecule has 39 heavy (non-hydrogen) atoms. The lowest BCUT2D eigenvalue weighted by molar-refractivity contribution is 0.628. The van der Waals surface area contributed by atoms with E-state index < -0.39 is 5.82 Å². The minimum absolute atomic E-state index is 0.264. The van der Waals surface area contributed by atoms with E-state index >= 15 is 4.39 Å². The topological polar surface area (TPSA) is 104 Å². The number of halogens is 2. The van der Waals surface area contributed by atoms with Crippen LogP contribution >= 0.6 is 0 Å². The highest BCUT2D eigenvalue weighted by molar-refractivity contribution is 6.01. The van der Waals surface area contributed by atoms with Crippen LogP contribution in [-0.4, -0.2) is 24.1 Å². The zero-order valence-electron chi connectivity index (χ0n) is 21.1. The summed E-state index contributed by atoms with van der Waals surface area (Å²) < 4.78 is 32.7. The van der Waals surface area contributed by atoms with Crippen molar-refractivity contribution in [3.05, 3.63) is 95.3 Å². The molecule has 3 N–H and O–H groups in total. The number of nitrogens with zero attached hydrogens (tertiary/aromatic N) is 5. The number of anilines is 3. The lowest BCUT2D eigenvalue weighted by atomic mass is 10.0. The molecule has 0 bridgehead atoms. The third-order valence-corrected chi connectivity index (χ3v) is 6.80. The first-order valence-corrected chi connectivity index (χ1v) is 12.3. The fourth-order valence-electron chi connectivity index (χ4n) is 4.91. The number of aryl methyl sites for hydroxylation is 2. The van der Waals surface area contributed by atoms with Crippen molar-refractivity contribution < 1.29 is 8.78 Å². The van der Waals surface area contributed by atoms with Crippen LogP contribution in [0, 0.1) is 11.6 Å². The van der Waals surface area contributed by atoms with E-state index in [4.69, 9.17) is 5.73 Å². The zero-order chi connectivity index (χ0) is 27.3. The van der Waals surface area contributed by atoms with E-state index in [1.165, 1.54) is 24.5 Å². The van der Waals surface area contributed by atoms with Crippen LogP contribution < -0.4 is 16.5 Å². The van der Waals surface area contributed by atoms with Gasteiger partial charge in [-0.15, -0.1) is 0 Å². The molecule has 194 valence electrons. The summed E-state index contributed by atoms with van der Waals surface area (Å²) in [5.41, 5.74) is 9.43. The predicted molar refractivity (Wildman–Crippen MR) is 149 cm³/mol. The van der Waals surface area contributed by atoms with Gasteiger partial charge in [-0.1, -0.05) is 12.1 Å². The molecule has 6 rings (SSSR count). The highest BCUT2D eigenvalue weighted by atomic mass is 19.1. The number of benzene rings is 2. The Hall–Kier alpha value is -5.12. The minimum atomic E-state index is -0.492. The van der Waals surface area contributed by atoms with Crippen LogP contribution in [0.15, 0.2) is 78.2 Å². The normalized spacial score (nSPS) is 11.4. The second-order valence-corrected chi connectivity index (χ2v) is 9.15. The minimum Gasteiger partial charge on any atom is -0.383 e. The molecule has 2 aromatic carbocycles. The number of fused-ring (bicyclic) bond motifs is 2. The highest BCUT2D eigenvalue weighted by Crippen LogP contribution is 2.35. The molecule has 0 atom stereocenters. The highest BCUT2D eigenvalue weighted by Gasteiger charge is 2.18. The van der Waals surface area contributed by atoms with Crippen molar-refractivity contribution in [2.24, 2.45) is 7.05 Å². The molecule has 0 amide bonds. The fraction of sp³-hybridized carbons (Fsp3) is 0.103. The van der Waals surface area contributed by atoms with Gasteiger partial charge in [0.25, 0.3) is 0 Å². The van der Waals surface area contributed by atoms with E-state index in [0.717, 1.165) is 0 Å². The molecule has 6 aromatic rings. The van der Waals surface area contributed by atoms with Crippen molar-refractivity contribution >= 4 is 39.3 Å². The molecule has 0 spiro atoms. The van der Waals surface area contributed by atoms with Crippen LogP contribution in [0.1, 0.15) is 6.92 Å². The molecule has 0 saturated carbocycles. The Labute approximate surface area is 221 Å². The van der Waals surface area contributed by atoms with Gasteiger partial charge in [-0.25, -0.2) is 23.7 Å². The van der Waals surface area contributed by atoms with Crippen molar-refractivity contribution in [2.45, 2.75) is 13.5 Å². The van der Waals surface area contributed by atoms with E-state index in [1.54, 1.807) is 53.5 Å². The maximum atomic E-state index is 15.5. The van der Waals surface area contributed by atoms with E-state index in [0.29, 0.717) is 62.2 Å². The Morgan fingerprint density at radius 2 is 1.72 bits per heavy atom. The summed E-state index contributed by atoms with van der Waals surface area (Å²) in [5, 5.41) is 4.05. The van der Waals surface area contributed by atoms with Gasteiger partial charge in [-0.2, -0.15) is 0 Å². The summed E-state index contributed by atoms with van der Waals surface area (Å²) in [6.45, 7) is 2.56. The number of hydrogen-bond acceptors (Lipinski definition) is 6. The van der Waals surface area contributed by atoms with Crippen molar-refractivity contribution in [2.75, 3.05) is 11.1 Å². The third-order valence-electron chi connectivity index (χ3n) is 6.80. The van der Waals surface area contributed by atoms with E-state index in [2.05, 4.69) is 20.3 Å². The molecule has 0 aliphatic rings. The first-order valence-electron chi connectivity index (χ1n) is 12.3. The van der Waals surface area contributed by atoms with Crippen molar-refractivity contribution in [1.82, 2.24) is 24.1 Å². The Morgan fingerprint density at radius 1 is 0.923 bits per heavy atom. The maximum absolute atomic E-state index is 15.5. The molecule has 4 aromatic heterocycles. The van der Waals surface area contributed by atoms with Gasteiger partial charge in [0.15, 0.2) is 0 Å². The number of nitrogens with one attached hydrogen (secondary N) is 1. The molecule has 0 saturated heterocycles. The molecule has 8 nitrogen and oxygen atoms in total. The smallest absolute Gasteiger partial charge is 0.200 e. The summed E-state index contributed by atoms with van der Waals surface area (Å²) >= 11 is 0. The molecule has 0 fully saturated rings. The summed E-state index contributed by atoms with van der Waals surface area (Å²) in [6, 6.07) is 12.2. The van der Waals surface area contributed by atoms with Crippen LogP contribution in [0.5, 0.6) is 0 Å². The van der Waals surface area contributed by atoms with Gasteiger partial charge in [0.1, 0.15) is 35.2 Å². The molecule has 0 radical (unpaired) electrons. The quantitative estimate of drug-likeness (QED) is 0.303. The number of nitrogen functional groups attached to an aromatic ring is 1. The summed E-state index contributed by atoms with van der Waals surface area (Å²) in [5.74, 6) is -0.322. The number of hydrogen-bond donors (Lipinski definition) is 2. The molecule has 0 aliphatic heterocycles. The number of pyridine rings is 2. The van der Waals surface area contributed by atoms with Gasteiger partial charge >= 0.3 is 0 Å². The standard InChI is InChI=1S/C29H23F2N7O/c1-3-38-14-20(16-4-6-17(30)7-5-16)26(39)25-23(38)10-11-33-28(25)36-18-8-9-19(22(31)12-18)21-13-37(2)29-24(21)27(32)34-15-35-29/h4-15H,3H2,1-2H3,(H,33,36)(H2,32,34,35). The van der Waals surface area contributed by atoms with Gasteiger partial charge in [-0.3, -0.25) is 4.79 Å². The maximum Gasteiger partial charge on any atom is 0.200 e. The average molecular weight is 524 g/mol. The summed E-state index contributed by atoms with van der Waals surface area (Å²) in [4.78, 5) is 26.4. The Balaban J connectivity index is 1.45.